The Labute approximate surface area is 139 Å². The van der Waals surface area contributed by atoms with E-state index in [4.69, 9.17) is 0 Å². The van der Waals surface area contributed by atoms with Crippen molar-refractivity contribution in [3.63, 3.8) is 0 Å². The first-order chi connectivity index (χ1) is 10.1. The summed E-state index contributed by atoms with van der Waals surface area (Å²) in [5, 5.41) is 0. The third kappa shape index (κ3) is 4.96. The van der Waals surface area contributed by atoms with Crippen LogP contribution in [0.2, 0.25) is 0 Å². The lowest BCUT2D eigenvalue weighted by molar-refractivity contribution is 0.785. The molecular weight excluding hydrogens is 292 g/mol. The van der Waals surface area contributed by atoms with Crippen molar-refractivity contribution in [3.8, 4) is 0 Å². The summed E-state index contributed by atoms with van der Waals surface area (Å²) in [6.07, 6.45) is 4.17. The minimum Gasteiger partial charge on any atom is -0.157 e. The average molecular weight is 323 g/mol. The van der Waals surface area contributed by atoms with Crippen LogP contribution in [0.1, 0.15) is 81.0 Å². The number of hydrogen-bond donors (Lipinski definition) is 0. The highest BCUT2D eigenvalue weighted by Crippen LogP contribution is 2.33. The maximum atomic E-state index is 2.53. The maximum Gasteiger partial charge on any atom is 0.0187 e. The normalized spacial score (nSPS) is 17.6. The van der Waals surface area contributed by atoms with Crippen LogP contribution >= 0.6 is 23.5 Å². The van der Waals surface area contributed by atoms with Gasteiger partial charge >= 0.3 is 0 Å². The number of thioether (sulfide) groups is 2. The van der Waals surface area contributed by atoms with E-state index < -0.39 is 0 Å². The fourth-order valence-electron chi connectivity index (χ4n) is 3.00. The molecule has 0 spiro atoms. The van der Waals surface area contributed by atoms with Gasteiger partial charge in [0.05, 0.1) is 0 Å². The van der Waals surface area contributed by atoms with Crippen molar-refractivity contribution in [3.05, 3.63) is 34.4 Å². The van der Waals surface area contributed by atoms with E-state index >= 15 is 0 Å². The van der Waals surface area contributed by atoms with Crippen LogP contribution in [0.4, 0.5) is 0 Å². The molecule has 0 aromatic heterocycles. The van der Waals surface area contributed by atoms with Crippen LogP contribution in [-0.4, -0.2) is 11.5 Å². The zero-order chi connectivity index (χ0) is 15.2. The molecule has 0 N–H and O–H groups in total. The van der Waals surface area contributed by atoms with Gasteiger partial charge in [0.2, 0.25) is 0 Å². The van der Waals surface area contributed by atoms with Gasteiger partial charge in [-0.05, 0) is 58.4 Å². The van der Waals surface area contributed by atoms with Crippen molar-refractivity contribution in [2.45, 2.75) is 70.3 Å². The van der Waals surface area contributed by atoms with Gasteiger partial charge in [0.1, 0.15) is 0 Å². The Morgan fingerprint density at radius 1 is 0.714 bits per heavy atom. The molecule has 0 saturated heterocycles. The summed E-state index contributed by atoms with van der Waals surface area (Å²) >= 11 is 4.26. The van der Waals surface area contributed by atoms with Gasteiger partial charge in [-0.15, -0.1) is 0 Å². The zero-order valence-electron chi connectivity index (χ0n) is 14.1. The summed E-state index contributed by atoms with van der Waals surface area (Å²) in [6, 6.07) is 5.06. The second-order valence-electron chi connectivity index (χ2n) is 6.73. The van der Waals surface area contributed by atoms with Gasteiger partial charge in [-0.2, -0.15) is 23.5 Å². The van der Waals surface area contributed by atoms with E-state index in [0.717, 1.165) is 0 Å². The molecule has 2 aliphatic heterocycles. The topological polar surface area (TPSA) is 0 Å². The summed E-state index contributed by atoms with van der Waals surface area (Å²) in [4.78, 5) is 0. The van der Waals surface area contributed by atoms with E-state index in [9.17, 15) is 0 Å². The molecule has 0 amide bonds. The third-order valence-electron chi connectivity index (χ3n) is 4.24. The predicted molar refractivity (Wildman–Crippen MR) is 101 cm³/mol. The number of benzene rings is 1. The van der Waals surface area contributed by atoms with Gasteiger partial charge in [-0.1, -0.05) is 46.2 Å². The fourth-order valence-corrected chi connectivity index (χ4v) is 5.05. The van der Waals surface area contributed by atoms with Gasteiger partial charge in [-0.25, -0.2) is 0 Å². The third-order valence-corrected chi connectivity index (χ3v) is 6.42. The van der Waals surface area contributed by atoms with Crippen LogP contribution in [-0.2, 0) is 11.5 Å². The number of rotatable bonds is 2. The molecule has 118 valence electrons. The van der Waals surface area contributed by atoms with E-state index in [1.54, 1.807) is 22.3 Å². The highest BCUT2D eigenvalue weighted by atomic mass is 32.2. The van der Waals surface area contributed by atoms with Gasteiger partial charge in [0.15, 0.2) is 0 Å². The average Bonchev–Trinajstić information content (AvgIpc) is 2.47. The largest absolute Gasteiger partial charge is 0.157 e. The summed E-state index contributed by atoms with van der Waals surface area (Å²) in [5.74, 6) is 6.30. The predicted octanol–water partition coefficient (Wildman–Crippen LogP) is 6.58. The van der Waals surface area contributed by atoms with Crippen LogP contribution < -0.4 is 0 Å². The van der Waals surface area contributed by atoms with E-state index in [1.165, 1.54) is 42.3 Å². The summed E-state index contributed by atoms with van der Waals surface area (Å²) < 4.78 is 0. The highest BCUT2D eigenvalue weighted by molar-refractivity contribution is 7.98. The van der Waals surface area contributed by atoms with Gasteiger partial charge in [0.25, 0.3) is 0 Å². The van der Waals surface area contributed by atoms with Crippen molar-refractivity contribution >= 4 is 23.5 Å². The van der Waals surface area contributed by atoms with Gasteiger partial charge in [-0.3, -0.25) is 0 Å². The molecule has 1 aromatic rings. The SMILES string of the molecule is CC(C)c1cc2c(C(C)C)cc1CSCCCCCSC2. The van der Waals surface area contributed by atoms with E-state index in [2.05, 4.69) is 63.4 Å². The van der Waals surface area contributed by atoms with Crippen LogP contribution in [0.15, 0.2) is 12.1 Å². The Kier molecular flexibility index (Phi) is 7.01. The van der Waals surface area contributed by atoms with Gasteiger partial charge in [0, 0.05) is 11.5 Å². The molecule has 21 heavy (non-hydrogen) atoms. The Bertz CT molecular complexity index is 407. The van der Waals surface area contributed by atoms with E-state index in [0.29, 0.717) is 11.8 Å². The van der Waals surface area contributed by atoms with E-state index in [1.807, 2.05) is 0 Å². The van der Waals surface area contributed by atoms with Crippen LogP contribution in [0.25, 0.3) is 0 Å². The van der Waals surface area contributed by atoms with Gasteiger partial charge < -0.3 is 0 Å². The maximum absolute atomic E-state index is 2.53. The lowest BCUT2D eigenvalue weighted by atomic mass is 9.89. The first-order valence-electron chi connectivity index (χ1n) is 8.40. The van der Waals surface area contributed by atoms with E-state index in [-0.39, 0.29) is 0 Å². The molecule has 0 saturated carbocycles. The Morgan fingerprint density at radius 3 is 1.52 bits per heavy atom. The first kappa shape index (κ1) is 17.3. The standard InChI is InChI=1S/C19H30S2/c1-14(2)18-10-17-13-21-9-7-5-6-8-20-12-16(18)11-19(17)15(3)4/h10-11,14-15H,5-9,12-13H2,1-4H3. The number of fused-ring (bicyclic) bond motifs is 10. The highest BCUT2D eigenvalue weighted by Gasteiger charge is 2.15. The van der Waals surface area contributed by atoms with Crippen LogP contribution in [0.5, 0.6) is 0 Å². The fraction of sp³-hybridized carbons (Fsp3) is 0.684. The lowest BCUT2D eigenvalue weighted by Crippen LogP contribution is -2.03. The second-order valence-corrected chi connectivity index (χ2v) is 8.94. The summed E-state index contributed by atoms with van der Waals surface area (Å²) in [6.45, 7) is 9.36. The molecule has 0 atom stereocenters. The molecule has 2 heterocycles. The molecule has 1 aromatic carbocycles. The van der Waals surface area contributed by atoms with Crippen molar-refractivity contribution in [1.82, 2.24) is 0 Å². The molecule has 2 bridgehead atoms. The minimum absolute atomic E-state index is 0.635. The Morgan fingerprint density at radius 2 is 1.14 bits per heavy atom. The molecule has 0 aliphatic carbocycles. The molecule has 3 rings (SSSR count). The Hall–Kier alpha value is -0.0800. The molecular formula is C19H30S2. The summed E-state index contributed by atoms with van der Waals surface area (Å²) in [5.41, 5.74) is 6.35. The molecule has 0 fully saturated rings. The lowest BCUT2D eigenvalue weighted by Gasteiger charge is -2.20. The smallest absolute Gasteiger partial charge is 0.0187 e. The first-order valence-corrected chi connectivity index (χ1v) is 10.7. The van der Waals surface area contributed by atoms with Crippen molar-refractivity contribution in [2.75, 3.05) is 11.5 Å². The molecule has 0 radical (unpaired) electrons. The molecule has 2 aliphatic rings. The Balaban J connectivity index is 2.37. The van der Waals surface area contributed by atoms with Crippen molar-refractivity contribution in [1.29, 1.82) is 0 Å². The molecule has 2 heteroatoms. The second kappa shape index (κ2) is 8.53. The summed E-state index contributed by atoms with van der Waals surface area (Å²) in [7, 11) is 0. The van der Waals surface area contributed by atoms with Crippen LogP contribution in [0.3, 0.4) is 0 Å². The monoisotopic (exact) mass is 322 g/mol. The zero-order valence-corrected chi connectivity index (χ0v) is 15.7. The van der Waals surface area contributed by atoms with Crippen LogP contribution in [0, 0.1) is 0 Å². The van der Waals surface area contributed by atoms with Crippen molar-refractivity contribution < 1.29 is 0 Å². The van der Waals surface area contributed by atoms with Crippen molar-refractivity contribution in [2.24, 2.45) is 0 Å². The molecule has 0 nitrogen and oxygen atoms in total. The minimum atomic E-state index is 0.635. The quantitative estimate of drug-likeness (QED) is 0.603. The molecule has 0 unspecified atom stereocenters. The number of hydrogen-bond acceptors (Lipinski definition) is 2.